The van der Waals surface area contributed by atoms with Crippen LogP contribution in [0.5, 0.6) is 5.75 Å². The van der Waals surface area contributed by atoms with E-state index in [1.807, 2.05) is 58.0 Å². The SMILES string of the molecule is CC1(C)OB(c2ccc(OCc3ccccc3)c(C(=O)N3CCC(F)(F)C3)c2)OC1(C)C. The Morgan fingerprint density at radius 1 is 1.06 bits per heavy atom. The van der Waals surface area contributed by atoms with Crippen LogP contribution < -0.4 is 10.2 Å². The molecule has 5 nitrogen and oxygen atoms in total. The molecule has 1 amide bonds. The predicted molar refractivity (Wildman–Crippen MR) is 118 cm³/mol. The molecule has 2 fully saturated rings. The summed E-state index contributed by atoms with van der Waals surface area (Å²) in [6, 6.07) is 14.7. The van der Waals surface area contributed by atoms with Gasteiger partial charge in [-0.2, -0.15) is 0 Å². The topological polar surface area (TPSA) is 48.0 Å². The second kappa shape index (κ2) is 8.16. The van der Waals surface area contributed by atoms with Crippen molar-refractivity contribution in [3.05, 3.63) is 59.7 Å². The minimum absolute atomic E-state index is 0.00464. The van der Waals surface area contributed by atoms with Crippen molar-refractivity contribution in [2.75, 3.05) is 13.1 Å². The Kier molecular flexibility index (Phi) is 5.80. The van der Waals surface area contributed by atoms with Crippen molar-refractivity contribution < 1.29 is 27.6 Å². The Labute approximate surface area is 187 Å². The van der Waals surface area contributed by atoms with Gasteiger partial charge in [-0.05, 0) is 50.9 Å². The fourth-order valence-corrected chi connectivity index (χ4v) is 3.78. The molecule has 2 heterocycles. The molecule has 0 unspecified atom stereocenters. The summed E-state index contributed by atoms with van der Waals surface area (Å²) in [6.45, 7) is 7.46. The lowest BCUT2D eigenvalue weighted by atomic mass is 9.78. The summed E-state index contributed by atoms with van der Waals surface area (Å²) in [4.78, 5) is 14.4. The molecule has 0 N–H and O–H groups in total. The van der Waals surface area contributed by atoms with E-state index in [1.54, 1.807) is 18.2 Å². The van der Waals surface area contributed by atoms with Crippen LogP contribution in [0.2, 0.25) is 0 Å². The smallest absolute Gasteiger partial charge is 0.488 e. The van der Waals surface area contributed by atoms with Crippen LogP contribution in [0.4, 0.5) is 8.78 Å². The number of hydrogen-bond acceptors (Lipinski definition) is 4. The van der Waals surface area contributed by atoms with Crippen molar-refractivity contribution >= 4 is 18.5 Å². The van der Waals surface area contributed by atoms with Gasteiger partial charge in [-0.3, -0.25) is 4.79 Å². The van der Waals surface area contributed by atoms with E-state index in [0.717, 1.165) is 5.56 Å². The number of rotatable bonds is 5. The molecule has 170 valence electrons. The average Bonchev–Trinajstić information content (AvgIpc) is 3.21. The molecule has 2 aromatic rings. The minimum Gasteiger partial charge on any atom is -0.488 e. The van der Waals surface area contributed by atoms with Crippen molar-refractivity contribution in [3.8, 4) is 5.75 Å². The maximum atomic E-state index is 13.8. The monoisotopic (exact) mass is 443 g/mol. The highest BCUT2D eigenvalue weighted by atomic mass is 19.3. The lowest BCUT2D eigenvalue weighted by Gasteiger charge is -2.32. The lowest BCUT2D eigenvalue weighted by Crippen LogP contribution is -2.41. The van der Waals surface area contributed by atoms with E-state index in [9.17, 15) is 13.6 Å². The van der Waals surface area contributed by atoms with Gasteiger partial charge < -0.3 is 18.9 Å². The Morgan fingerprint density at radius 2 is 1.72 bits per heavy atom. The summed E-state index contributed by atoms with van der Waals surface area (Å²) in [7, 11) is -0.672. The summed E-state index contributed by atoms with van der Waals surface area (Å²) >= 11 is 0. The van der Waals surface area contributed by atoms with Gasteiger partial charge in [0.25, 0.3) is 11.8 Å². The standard InChI is InChI=1S/C24H28BF2NO4/c1-22(2)23(3,4)32-25(31-22)18-10-11-20(30-15-17-8-6-5-7-9-17)19(14-18)21(29)28-13-12-24(26,27)16-28/h5-11,14H,12-13,15-16H2,1-4H3. The van der Waals surface area contributed by atoms with Crippen LogP contribution in [-0.4, -0.2) is 48.1 Å². The number of amides is 1. The highest BCUT2D eigenvalue weighted by Crippen LogP contribution is 2.37. The average molecular weight is 443 g/mol. The first kappa shape index (κ1) is 22.7. The largest absolute Gasteiger partial charge is 0.494 e. The summed E-state index contributed by atoms with van der Waals surface area (Å²) in [5.74, 6) is -3.01. The van der Waals surface area contributed by atoms with Gasteiger partial charge in [0.05, 0.1) is 23.3 Å². The molecule has 2 saturated heterocycles. The molecule has 0 aliphatic carbocycles. The van der Waals surface area contributed by atoms with E-state index in [1.165, 1.54) is 4.90 Å². The minimum atomic E-state index is -2.87. The van der Waals surface area contributed by atoms with Crippen LogP contribution in [0.1, 0.15) is 50.0 Å². The first-order valence-corrected chi connectivity index (χ1v) is 10.8. The van der Waals surface area contributed by atoms with Gasteiger partial charge >= 0.3 is 7.12 Å². The highest BCUT2D eigenvalue weighted by molar-refractivity contribution is 6.62. The van der Waals surface area contributed by atoms with Gasteiger partial charge in [-0.15, -0.1) is 0 Å². The number of carbonyl (C=O) groups is 1. The molecule has 0 bridgehead atoms. The molecule has 0 saturated carbocycles. The normalized spacial score (nSPS) is 21.1. The molecule has 0 spiro atoms. The van der Waals surface area contributed by atoms with Crippen molar-refractivity contribution in [2.45, 2.75) is 57.8 Å². The van der Waals surface area contributed by atoms with Crippen LogP contribution in [0.15, 0.2) is 48.5 Å². The Hall–Kier alpha value is -2.45. The fourth-order valence-electron chi connectivity index (χ4n) is 3.78. The van der Waals surface area contributed by atoms with Crippen LogP contribution >= 0.6 is 0 Å². The van der Waals surface area contributed by atoms with Gasteiger partial charge in [-0.1, -0.05) is 36.4 Å². The molecule has 32 heavy (non-hydrogen) atoms. The molecule has 2 aromatic carbocycles. The molecule has 0 aromatic heterocycles. The number of carbonyl (C=O) groups excluding carboxylic acids is 1. The zero-order chi connectivity index (χ0) is 23.1. The second-order valence-electron chi connectivity index (χ2n) is 9.45. The summed E-state index contributed by atoms with van der Waals surface area (Å²) in [5.41, 5.74) is 0.729. The number of alkyl halides is 2. The molecular formula is C24H28BF2NO4. The van der Waals surface area contributed by atoms with E-state index < -0.39 is 36.7 Å². The molecule has 2 aliphatic heterocycles. The predicted octanol–water partition coefficient (Wildman–Crippen LogP) is 4.05. The van der Waals surface area contributed by atoms with Crippen LogP contribution in [0, 0.1) is 0 Å². The number of ether oxygens (including phenoxy) is 1. The molecule has 4 rings (SSSR count). The summed E-state index contributed by atoms with van der Waals surface area (Å²) in [6.07, 6.45) is -0.337. The van der Waals surface area contributed by atoms with Crippen molar-refractivity contribution in [3.63, 3.8) is 0 Å². The zero-order valence-electron chi connectivity index (χ0n) is 18.9. The number of likely N-dealkylation sites (tertiary alicyclic amines) is 1. The lowest BCUT2D eigenvalue weighted by molar-refractivity contribution is 0.00578. The highest BCUT2D eigenvalue weighted by Gasteiger charge is 2.52. The van der Waals surface area contributed by atoms with Crippen molar-refractivity contribution in [1.29, 1.82) is 0 Å². The number of nitrogens with zero attached hydrogens (tertiary/aromatic N) is 1. The Bertz CT molecular complexity index is 981. The van der Waals surface area contributed by atoms with E-state index in [4.69, 9.17) is 14.0 Å². The Morgan fingerprint density at radius 3 is 2.31 bits per heavy atom. The van der Waals surface area contributed by atoms with Crippen molar-refractivity contribution in [1.82, 2.24) is 4.90 Å². The molecular weight excluding hydrogens is 415 g/mol. The molecule has 8 heteroatoms. The number of benzene rings is 2. The second-order valence-corrected chi connectivity index (χ2v) is 9.45. The fraction of sp³-hybridized carbons (Fsp3) is 0.458. The van der Waals surface area contributed by atoms with E-state index in [0.29, 0.717) is 11.2 Å². The summed E-state index contributed by atoms with van der Waals surface area (Å²) < 4.78 is 45.7. The van der Waals surface area contributed by atoms with Crippen LogP contribution in [-0.2, 0) is 15.9 Å². The first-order chi connectivity index (χ1) is 15.0. The third kappa shape index (κ3) is 4.52. The maximum absolute atomic E-state index is 13.8. The quantitative estimate of drug-likeness (QED) is 0.655. The third-order valence-corrected chi connectivity index (χ3v) is 6.45. The van der Waals surface area contributed by atoms with Gasteiger partial charge in [-0.25, -0.2) is 8.78 Å². The van der Waals surface area contributed by atoms with E-state index in [-0.39, 0.29) is 25.1 Å². The van der Waals surface area contributed by atoms with Crippen molar-refractivity contribution in [2.24, 2.45) is 0 Å². The molecule has 2 aliphatic rings. The first-order valence-electron chi connectivity index (χ1n) is 10.8. The van der Waals surface area contributed by atoms with Gasteiger partial charge in [0.2, 0.25) is 0 Å². The summed E-state index contributed by atoms with van der Waals surface area (Å²) in [5, 5.41) is 0. The van der Waals surface area contributed by atoms with Crippen LogP contribution in [0.25, 0.3) is 0 Å². The molecule has 0 radical (unpaired) electrons. The zero-order valence-corrected chi connectivity index (χ0v) is 18.9. The van der Waals surface area contributed by atoms with Gasteiger partial charge in [0, 0.05) is 13.0 Å². The molecule has 0 atom stereocenters. The number of hydrogen-bond donors (Lipinski definition) is 0. The van der Waals surface area contributed by atoms with Gasteiger partial charge in [0.15, 0.2) is 0 Å². The van der Waals surface area contributed by atoms with E-state index in [2.05, 4.69) is 0 Å². The Balaban J connectivity index is 1.63. The number of halogens is 2. The maximum Gasteiger partial charge on any atom is 0.494 e. The third-order valence-electron chi connectivity index (χ3n) is 6.45. The van der Waals surface area contributed by atoms with Gasteiger partial charge in [0.1, 0.15) is 12.4 Å². The van der Waals surface area contributed by atoms with E-state index >= 15 is 0 Å². The van der Waals surface area contributed by atoms with Crippen LogP contribution in [0.3, 0.4) is 0 Å².